The summed E-state index contributed by atoms with van der Waals surface area (Å²) in [5, 5.41) is 11.1. The van der Waals surface area contributed by atoms with Crippen molar-refractivity contribution in [2.45, 2.75) is 19.0 Å². The first-order valence-corrected chi connectivity index (χ1v) is 10.9. The molecule has 4 rings (SSSR count). The van der Waals surface area contributed by atoms with Crippen molar-refractivity contribution in [2.24, 2.45) is 0 Å². The van der Waals surface area contributed by atoms with Gasteiger partial charge in [-0.3, -0.25) is 9.59 Å². The number of aromatic nitrogens is 2. The molecule has 3 aromatic rings. The molecule has 32 heavy (non-hydrogen) atoms. The van der Waals surface area contributed by atoms with E-state index in [1.165, 1.54) is 4.90 Å². The fourth-order valence-corrected chi connectivity index (χ4v) is 4.11. The monoisotopic (exact) mass is 495 g/mol. The highest BCUT2D eigenvalue weighted by Crippen LogP contribution is 2.40. The molecule has 0 radical (unpaired) electrons. The molecule has 2 heterocycles. The number of methoxy groups -OCH3 is 1. The van der Waals surface area contributed by atoms with Gasteiger partial charge in [0.15, 0.2) is 0 Å². The molecule has 1 aliphatic heterocycles. The van der Waals surface area contributed by atoms with E-state index in [4.69, 9.17) is 4.74 Å². The number of halogens is 1. The molecular formula is C24H22BrN3O4. The molecule has 8 heteroatoms. The number of hydrogen-bond acceptors (Lipinski definition) is 5. The second-order valence-corrected chi connectivity index (χ2v) is 8.34. The number of benzene rings is 2. The second-order valence-electron chi connectivity index (χ2n) is 7.43. The summed E-state index contributed by atoms with van der Waals surface area (Å²) in [5.41, 5.74) is 1.29. The molecule has 1 unspecified atom stereocenters. The Hall–Kier alpha value is -3.39. The Morgan fingerprint density at radius 1 is 1.09 bits per heavy atom. The van der Waals surface area contributed by atoms with Crippen molar-refractivity contribution in [1.82, 2.24) is 14.5 Å². The number of aliphatic hydroxyl groups excluding tert-OH is 1. The van der Waals surface area contributed by atoms with Gasteiger partial charge in [-0.1, -0.05) is 28.1 Å². The van der Waals surface area contributed by atoms with Gasteiger partial charge in [0.1, 0.15) is 11.5 Å². The minimum Gasteiger partial charge on any atom is -0.507 e. The van der Waals surface area contributed by atoms with E-state index in [2.05, 4.69) is 20.9 Å². The summed E-state index contributed by atoms with van der Waals surface area (Å²) in [5.74, 6) is -0.866. The van der Waals surface area contributed by atoms with Crippen LogP contribution in [0.15, 0.2) is 77.3 Å². The number of Topliss-reactive ketones (excluding diaryl/α,β-unsaturated/α-hetero) is 1. The molecule has 1 N–H and O–H groups in total. The Balaban J connectivity index is 1.71. The molecule has 1 atom stereocenters. The summed E-state index contributed by atoms with van der Waals surface area (Å²) in [6.45, 7) is 1.03. The van der Waals surface area contributed by atoms with Crippen LogP contribution in [0.25, 0.3) is 5.76 Å². The average Bonchev–Trinajstić information content (AvgIpc) is 3.41. The van der Waals surface area contributed by atoms with Crippen LogP contribution in [-0.2, 0) is 16.1 Å². The van der Waals surface area contributed by atoms with Gasteiger partial charge >= 0.3 is 0 Å². The van der Waals surface area contributed by atoms with E-state index in [0.717, 1.165) is 10.0 Å². The maximum absolute atomic E-state index is 13.0. The number of amides is 1. The maximum atomic E-state index is 13.0. The van der Waals surface area contributed by atoms with Crippen LogP contribution in [0, 0.1) is 0 Å². The number of likely N-dealkylation sites (tertiary alicyclic amines) is 1. The Bertz CT molecular complexity index is 1140. The van der Waals surface area contributed by atoms with Crippen LogP contribution in [0.1, 0.15) is 23.6 Å². The molecule has 1 aliphatic rings. The molecule has 7 nitrogen and oxygen atoms in total. The predicted octanol–water partition coefficient (Wildman–Crippen LogP) is 4.17. The van der Waals surface area contributed by atoms with E-state index in [9.17, 15) is 14.7 Å². The highest BCUT2D eigenvalue weighted by Gasteiger charge is 2.45. The van der Waals surface area contributed by atoms with Gasteiger partial charge < -0.3 is 19.3 Å². The Morgan fingerprint density at radius 2 is 1.81 bits per heavy atom. The molecule has 0 spiro atoms. The zero-order valence-corrected chi connectivity index (χ0v) is 19.0. The molecule has 0 bridgehead atoms. The van der Waals surface area contributed by atoms with E-state index < -0.39 is 17.7 Å². The number of carbonyl (C=O) groups is 2. The average molecular weight is 496 g/mol. The summed E-state index contributed by atoms with van der Waals surface area (Å²) >= 11 is 3.42. The van der Waals surface area contributed by atoms with Crippen LogP contribution in [-0.4, -0.2) is 44.9 Å². The quantitative estimate of drug-likeness (QED) is 0.302. The first kappa shape index (κ1) is 21.8. The van der Waals surface area contributed by atoms with Crippen LogP contribution in [0.4, 0.5) is 0 Å². The number of carbonyl (C=O) groups excluding carboxylic acids is 2. The van der Waals surface area contributed by atoms with Crippen molar-refractivity contribution in [1.29, 1.82) is 0 Å². The van der Waals surface area contributed by atoms with Crippen molar-refractivity contribution in [3.05, 3.63) is 88.4 Å². The third-order valence-corrected chi connectivity index (χ3v) is 5.99. The molecule has 0 aliphatic carbocycles. The van der Waals surface area contributed by atoms with Crippen LogP contribution >= 0.6 is 15.9 Å². The molecule has 1 fully saturated rings. The van der Waals surface area contributed by atoms with Gasteiger partial charge in [-0.25, -0.2) is 4.98 Å². The van der Waals surface area contributed by atoms with Gasteiger partial charge in [-0.05, 0) is 48.4 Å². The van der Waals surface area contributed by atoms with Gasteiger partial charge in [0.25, 0.3) is 11.7 Å². The van der Waals surface area contributed by atoms with Gasteiger partial charge in [0.05, 0.1) is 25.1 Å². The number of aliphatic hydroxyl groups is 1. The van der Waals surface area contributed by atoms with E-state index in [-0.39, 0.29) is 11.3 Å². The molecule has 1 saturated heterocycles. The summed E-state index contributed by atoms with van der Waals surface area (Å²) in [7, 11) is 1.55. The van der Waals surface area contributed by atoms with Crippen LogP contribution in [0.3, 0.4) is 0 Å². The smallest absolute Gasteiger partial charge is 0.295 e. The maximum Gasteiger partial charge on any atom is 0.295 e. The lowest BCUT2D eigenvalue weighted by Crippen LogP contribution is -2.31. The van der Waals surface area contributed by atoms with E-state index in [0.29, 0.717) is 30.8 Å². The van der Waals surface area contributed by atoms with Gasteiger partial charge in [-0.2, -0.15) is 0 Å². The zero-order valence-electron chi connectivity index (χ0n) is 17.4. The topological polar surface area (TPSA) is 84.7 Å². The summed E-state index contributed by atoms with van der Waals surface area (Å²) < 4.78 is 7.97. The van der Waals surface area contributed by atoms with Crippen molar-refractivity contribution in [3.8, 4) is 5.75 Å². The van der Waals surface area contributed by atoms with Crippen LogP contribution in [0.5, 0.6) is 5.75 Å². The second kappa shape index (κ2) is 9.40. The van der Waals surface area contributed by atoms with Crippen molar-refractivity contribution in [2.75, 3.05) is 13.7 Å². The van der Waals surface area contributed by atoms with E-state index >= 15 is 0 Å². The van der Waals surface area contributed by atoms with Crippen molar-refractivity contribution < 1.29 is 19.4 Å². The SMILES string of the molecule is COc1ccc(/C(O)=C2\C(=O)C(=O)N(CCCn3ccnc3)C2c2ccc(Br)cc2)cc1. The minimum atomic E-state index is -0.686. The number of nitrogens with zero attached hydrogens (tertiary/aromatic N) is 3. The summed E-state index contributed by atoms with van der Waals surface area (Å²) in [6.07, 6.45) is 5.90. The van der Waals surface area contributed by atoms with Crippen LogP contribution in [0.2, 0.25) is 0 Å². The normalized spacial score (nSPS) is 17.7. The van der Waals surface area contributed by atoms with E-state index in [1.807, 2.05) is 35.0 Å². The molecule has 0 saturated carbocycles. The van der Waals surface area contributed by atoms with Gasteiger partial charge in [0, 0.05) is 35.5 Å². The minimum absolute atomic E-state index is 0.0881. The first-order chi connectivity index (χ1) is 15.5. The molecule has 1 aromatic heterocycles. The lowest BCUT2D eigenvalue weighted by molar-refractivity contribution is -0.139. The fourth-order valence-electron chi connectivity index (χ4n) is 3.85. The standard InChI is InChI=1S/C24H22BrN3O4/c1-32-19-9-5-17(6-10-19)22(29)20-21(16-3-7-18(25)8-4-16)28(24(31)23(20)30)13-2-12-27-14-11-26-15-27/h3-11,14-15,21,29H,2,12-13H2,1H3/b22-20+. The third kappa shape index (κ3) is 4.31. The summed E-state index contributed by atoms with van der Waals surface area (Å²) in [6, 6.07) is 13.5. The highest BCUT2D eigenvalue weighted by molar-refractivity contribution is 9.10. The zero-order chi connectivity index (χ0) is 22.7. The number of hydrogen-bond donors (Lipinski definition) is 1. The number of ketones is 1. The number of rotatable bonds is 7. The number of imidazole rings is 1. The Labute approximate surface area is 194 Å². The number of aryl methyl sites for hydroxylation is 1. The van der Waals surface area contributed by atoms with Crippen LogP contribution < -0.4 is 4.74 Å². The molecule has 1 amide bonds. The largest absolute Gasteiger partial charge is 0.507 e. The predicted molar refractivity (Wildman–Crippen MR) is 123 cm³/mol. The Kier molecular flexibility index (Phi) is 6.41. The molecule has 164 valence electrons. The fraction of sp³-hybridized carbons (Fsp3) is 0.208. The molecule has 2 aromatic carbocycles. The number of ether oxygens (including phenoxy) is 1. The van der Waals surface area contributed by atoms with Gasteiger partial charge in [0.2, 0.25) is 0 Å². The molecular weight excluding hydrogens is 474 g/mol. The Morgan fingerprint density at radius 3 is 2.44 bits per heavy atom. The van der Waals surface area contributed by atoms with Gasteiger partial charge in [-0.15, -0.1) is 0 Å². The lowest BCUT2D eigenvalue weighted by Gasteiger charge is -2.25. The lowest BCUT2D eigenvalue weighted by atomic mass is 9.95. The summed E-state index contributed by atoms with van der Waals surface area (Å²) in [4.78, 5) is 31.6. The van der Waals surface area contributed by atoms with E-state index in [1.54, 1.807) is 43.9 Å². The highest BCUT2D eigenvalue weighted by atomic mass is 79.9. The first-order valence-electron chi connectivity index (χ1n) is 10.1. The third-order valence-electron chi connectivity index (χ3n) is 5.46. The van der Waals surface area contributed by atoms with Crippen molar-refractivity contribution >= 4 is 33.4 Å². The van der Waals surface area contributed by atoms with Crippen molar-refractivity contribution in [3.63, 3.8) is 0 Å².